The summed E-state index contributed by atoms with van der Waals surface area (Å²) in [6, 6.07) is 3.73. The molecule has 1 heterocycles. The lowest BCUT2D eigenvalue weighted by Gasteiger charge is -2.18. The van der Waals surface area contributed by atoms with E-state index in [0.717, 1.165) is 0 Å². The minimum Gasteiger partial charge on any atom is -0.338 e. The van der Waals surface area contributed by atoms with Crippen molar-refractivity contribution in [3.63, 3.8) is 0 Å². The maximum atomic E-state index is 13.3. The van der Waals surface area contributed by atoms with Crippen molar-refractivity contribution in [2.45, 2.75) is 33.2 Å². The van der Waals surface area contributed by atoms with Crippen molar-refractivity contribution in [2.75, 3.05) is 18.0 Å². The number of carbonyl (C=O) groups excluding carboxylic acids is 2. The van der Waals surface area contributed by atoms with Gasteiger partial charge in [-0.1, -0.05) is 13.8 Å². The third-order valence-electron chi connectivity index (χ3n) is 3.63. The molecule has 0 radical (unpaired) electrons. The number of urea groups is 1. The molecule has 3 amide bonds. The van der Waals surface area contributed by atoms with Crippen LogP contribution in [0.4, 0.5) is 14.9 Å². The first-order valence-electron chi connectivity index (χ1n) is 7.50. The molecule has 0 bridgehead atoms. The topological polar surface area (TPSA) is 61.4 Å². The van der Waals surface area contributed by atoms with Gasteiger partial charge in [0.05, 0.1) is 0 Å². The molecule has 5 nitrogen and oxygen atoms in total. The zero-order chi connectivity index (χ0) is 16.3. The molecule has 22 heavy (non-hydrogen) atoms. The summed E-state index contributed by atoms with van der Waals surface area (Å²) in [6.45, 7) is 6.74. The molecule has 2 N–H and O–H groups in total. The molecular formula is C16H22FN3O2. The van der Waals surface area contributed by atoms with Gasteiger partial charge in [0.25, 0.3) is 0 Å². The van der Waals surface area contributed by atoms with Gasteiger partial charge in [-0.15, -0.1) is 0 Å². The lowest BCUT2D eigenvalue weighted by atomic mass is 10.2. The molecule has 1 aliphatic heterocycles. The predicted molar refractivity (Wildman–Crippen MR) is 83.3 cm³/mol. The first-order valence-corrected chi connectivity index (χ1v) is 7.50. The number of benzene rings is 1. The van der Waals surface area contributed by atoms with Gasteiger partial charge in [-0.2, -0.15) is 0 Å². The smallest absolute Gasteiger partial charge is 0.315 e. The van der Waals surface area contributed by atoms with Crippen LogP contribution in [0.5, 0.6) is 0 Å². The minimum atomic E-state index is -0.530. The van der Waals surface area contributed by atoms with Crippen LogP contribution in [0.1, 0.15) is 25.8 Å². The fraction of sp³-hybridized carbons (Fsp3) is 0.500. The van der Waals surface area contributed by atoms with Gasteiger partial charge in [0.2, 0.25) is 5.91 Å². The number of rotatable bonds is 4. The lowest BCUT2D eigenvalue weighted by molar-refractivity contribution is -0.118. The minimum absolute atomic E-state index is 0.161. The van der Waals surface area contributed by atoms with E-state index in [2.05, 4.69) is 10.6 Å². The predicted octanol–water partition coefficient (Wildman–Crippen LogP) is 2.19. The zero-order valence-corrected chi connectivity index (χ0v) is 13.1. The fourth-order valence-electron chi connectivity index (χ4n) is 2.37. The summed E-state index contributed by atoms with van der Waals surface area (Å²) in [5, 5.41) is 5.42. The number of amides is 3. The number of halogens is 1. The monoisotopic (exact) mass is 307 g/mol. The standard InChI is InChI=1S/C16H22FN3O2/c1-10(2)9-18-16(22)19-14-6-7-20(15(14)21)12-4-5-13(17)11(3)8-12/h4-5,8,10,14H,6-7,9H2,1-3H3,(H2,18,19,22). The molecule has 0 aromatic heterocycles. The average molecular weight is 307 g/mol. The van der Waals surface area contributed by atoms with Gasteiger partial charge in [0.15, 0.2) is 0 Å². The Morgan fingerprint density at radius 1 is 1.45 bits per heavy atom. The largest absolute Gasteiger partial charge is 0.338 e. The van der Waals surface area contributed by atoms with Gasteiger partial charge < -0.3 is 15.5 Å². The number of nitrogens with zero attached hydrogens (tertiary/aromatic N) is 1. The second kappa shape index (κ2) is 6.77. The van der Waals surface area contributed by atoms with E-state index in [1.165, 1.54) is 6.07 Å². The van der Waals surface area contributed by atoms with Crippen molar-refractivity contribution >= 4 is 17.6 Å². The Bertz CT molecular complexity index is 575. The highest BCUT2D eigenvalue weighted by Crippen LogP contribution is 2.23. The Balaban J connectivity index is 1.97. The van der Waals surface area contributed by atoms with E-state index < -0.39 is 6.04 Å². The molecule has 0 saturated carbocycles. The number of carbonyl (C=O) groups is 2. The van der Waals surface area contributed by atoms with E-state index in [4.69, 9.17) is 0 Å². The second-order valence-electron chi connectivity index (χ2n) is 6.01. The molecule has 6 heteroatoms. The summed E-state index contributed by atoms with van der Waals surface area (Å²) in [5.74, 6) is -0.104. The second-order valence-corrected chi connectivity index (χ2v) is 6.01. The summed E-state index contributed by atoms with van der Waals surface area (Å²) < 4.78 is 13.3. The highest BCUT2D eigenvalue weighted by molar-refractivity contribution is 6.01. The van der Waals surface area contributed by atoms with Gasteiger partial charge in [0, 0.05) is 18.8 Å². The molecule has 0 aliphatic carbocycles. The quantitative estimate of drug-likeness (QED) is 0.896. The van der Waals surface area contributed by atoms with E-state index >= 15 is 0 Å². The first kappa shape index (κ1) is 16.3. The van der Waals surface area contributed by atoms with Gasteiger partial charge >= 0.3 is 6.03 Å². The molecule has 1 fully saturated rings. The normalized spacial score (nSPS) is 18.0. The maximum absolute atomic E-state index is 13.3. The van der Waals surface area contributed by atoms with Crippen LogP contribution in [0.15, 0.2) is 18.2 Å². The van der Waals surface area contributed by atoms with Crippen LogP contribution in [0.25, 0.3) is 0 Å². The molecule has 1 unspecified atom stereocenters. The van der Waals surface area contributed by atoms with Crippen molar-refractivity contribution < 1.29 is 14.0 Å². The number of hydrogen-bond acceptors (Lipinski definition) is 2. The molecular weight excluding hydrogens is 285 g/mol. The Morgan fingerprint density at radius 2 is 2.18 bits per heavy atom. The van der Waals surface area contributed by atoms with E-state index in [0.29, 0.717) is 36.7 Å². The molecule has 1 saturated heterocycles. The lowest BCUT2D eigenvalue weighted by Crippen LogP contribution is -2.46. The van der Waals surface area contributed by atoms with E-state index in [1.54, 1.807) is 24.0 Å². The third-order valence-corrected chi connectivity index (χ3v) is 3.63. The van der Waals surface area contributed by atoms with Crippen LogP contribution >= 0.6 is 0 Å². The van der Waals surface area contributed by atoms with Crippen molar-refractivity contribution in [2.24, 2.45) is 5.92 Å². The Labute approximate surface area is 129 Å². The van der Waals surface area contributed by atoms with Crippen molar-refractivity contribution in [1.29, 1.82) is 0 Å². The van der Waals surface area contributed by atoms with E-state index in [-0.39, 0.29) is 17.8 Å². The summed E-state index contributed by atoms with van der Waals surface area (Å²) in [7, 11) is 0. The molecule has 1 aliphatic rings. The highest BCUT2D eigenvalue weighted by atomic mass is 19.1. The van der Waals surface area contributed by atoms with Gasteiger partial charge in [0.1, 0.15) is 11.9 Å². The van der Waals surface area contributed by atoms with Crippen LogP contribution in [-0.2, 0) is 4.79 Å². The van der Waals surface area contributed by atoms with Crippen molar-refractivity contribution in [3.05, 3.63) is 29.6 Å². The van der Waals surface area contributed by atoms with Gasteiger partial charge in [-0.05, 0) is 43.0 Å². The zero-order valence-electron chi connectivity index (χ0n) is 13.1. The van der Waals surface area contributed by atoms with Crippen molar-refractivity contribution in [3.8, 4) is 0 Å². The van der Waals surface area contributed by atoms with Crippen LogP contribution in [-0.4, -0.2) is 31.1 Å². The number of aryl methyl sites for hydroxylation is 1. The highest BCUT2D eigenvalue weighted by Gasteiger charge is 2.33. The maximum Gasteiger partial charge on any atom is 0.315 e. The average Bonchev–Trinajstić information content (AvgIpc) is 2.81. The summed E-state index contributed by atoms with van der Waals surface area (Å²) in [4.78, 5) is 25.7. The molecule has 120 valence electrons. The van der Waals surface area contributed by atoms with Crippen LogP contribution in [0.2, 0.25) is 0 Å². The van der Waals surface area contributed by atoms with Gasteiger partial charge in [-0.3, -0.25) is 4.79 Å². The van der Waals surface area contributed by atoms with Gasteiger partial charge in [-0.25, -0.2) is 9.18 Å². The molecule has 0 spiro atoms. The summed E-state index contributed by atoms with van der Waals surface area (Å²) in [5.41, 5.74) is 1.16. The number of hydrogen-bond donors (Lipinski definition) is 2. The Kier molecular flexibility index (Phi) is 5.00. The van der Waals surface area contributed by atoms with Crippen molar-refractivity contribution in [1.82, 2.24) is 10.6 Å². The number of anilines is 1. The van der Waals surface area contributed by atoms with Crippen LogP contribution < -0.4 is 15.5 Å². The van der Waals surface area contributed by atoms with E-state index in [9.17, 15) is 14.0 Å². The van der Waals surface area contributed by atoms with E-state index in [1.807, 2.05) is 13.8 Å². The SMILES string of the molecule is Cc1cc(N2CCC(NC(=O)NCC(C)C)C2=O)ccc1F. The third kappa shape index (κ3) is 3.75. The molecule has 2 rings (SSSR count). The molecule has 1 atom stereocenters. The van der Waals surface area contributed by atoms with Crippen LogP contribution in [0, 0.1) is 18.7 Å². The summed E-state index contributed by atoms with van der Waals surface area (Å²) in [6.07, 6.45) is 0.546. The fourth-order valence-corrected chi connectivity index (χ4v) is 2.37. The van der Waals surface area contributed by atoms with Crippen LogP contribution in [0.3, 0.4) is 0 Å². The summed E-state index contributed by atoms with van der Waals surface area (Å²) >= 11 is 0. The first-order chi connectivity index (χ1) is 10.4. The molecule has 1 aromatic rings. The Hall–Kier alpha value is -2.11. The molecule has 1 aromatic carbocycles. The number of nitrogens with one attached hydrogen (secondary N) is 2. The Morgan fingerprint density at radius 3 is 2.82 bits per heavy atom.